The first-order valence-electron chi connectivity index (χ1n) is 9.71. The number of carbonyl (C=O) groups excluding carboxylic acids is 2. The van der Waals surface area contributed by atoms with Crippen molar-refractivity contribution in [3.05, 3.63) is 71.8 Å². The normalized spacial score (nSPS) is 13.2. The number of carbonyl (C=O) groups is 2. The molecule has 0 unspecified atom stereocenters. The van der Waals surface area contributed by atoms with E-state index in [9.17, 15) is 9.59 Å². The Morgan fingerprint density at radius 3 is 2.03 bits per heavy atom. The van der Waals surface area contributed by atoms with Gasteiger partial charge in [-0.3, -0.25) is 4.79 Å². The molecule has 2 aromatic carbocycles. The first kappa shape index (κ1) is 22.4. The number of alkyl carbamates (subject to hydrolysis) is 1. The summed E-state index contributed by atoms with van der Waals surface area (Å²) in [6, 6.07) is 18.3. The molecule has 0 aliphatic rings. The predicted molar refractivity (Wildman–Crippen MR) is 112 cm³/mol. The standard InChI is InChI=1S/C23H30N2O4/c1-17(28-16-19-13-9-6-10-14-19)20(25-22(27)29-23(2,3)4)21(26)24-15-18-11-7-5-8-12-18/h5-14,17,20H,15-16H2,1-4H3,(H,24,26)(H,25,27)/t17-,20-/m0/s1. The molecule has 2 N–H and O–H groups in total. The van der Waals surface area contributed by atoms with Crippen molar-refractivity contribution in [3.63, 3.8) is 0 Å². The Kier molecular flexibility index (Phi) is 8.21. The number of amides is 2. The zero-order chi connectivity index (χ0) is 21.3. The van der Waals surface area contributed by atoms with Crippen LogP contribution in [0.4, 0.5) is 4.79 Å². The van der Waals surface area contributed by atoms with Gasteiger partial charge in [0.1, 0.15) is 11.6 Å². The maximum atomic E-state index is 12.8. The molecule has 0 fully saturated rings. The van der Waals surface area contributed by atoms with E-state index >= 15 is 0 Å². The first-order chi connectivity index (χ1) is 13.7. The SMILES string of the molecule is C[C@H](OCc1ccccc1)[C@H](NC(=O)OC(C)(C)C)C(=O)NCc1ccccc1. The van der Waals surface area contributed by atoms with E-state index in [1.54, 1.807) is 27.7 Å². The minimum Gasteiger partial charge on any atom is -0.444 e. The fourth-order valence-electron chi connectivity index (χ4n) is 2.62. The monoisotopic (exact) mass is 398 g/mol. The Morgan fingerprint density at radius 1 is 0.931 bits per heavy atom. The second-order valence-corrected chi connectivity index (χ2v) is 7.83. The summed E-state index contributed by atoms with van der Waals surface area (Å²) in [6.07, 6.45) is -1.22. The molecule has 6 nitrogen and oxygen atoms in total. The largest absolute Gasteiger partial charge is 0.444 e. The van der Waals surface area contributed by atoms with Crippen LogP contribution in [0.5, 0.6) is 0 Å². The molecule has 0 heterocycles. The van der Waals surface area contributed by atoms with E-state index in [2.05, 4.69) is 10.6 Å². The Morgan fingerprint density at radius 2 is 1.48 bits per heavy atom. The lowest BCUT2D eigenvalue weighted by Gasteiger charge is -2.27. The van der Waals surface area contributed by atoms with Gasteiger partial charge in [-0.1, -0.05) is 60.7 Å². The topological polar surface area (TPSA) is 76.7 Å². The minimum atomic E-state index is -0.891. The summed E-state index contributed by atoms with van der Waals surface area (Å²) in [5.41, 5.74) is 1.29. The van der Waals surface area contributed by atoms with Crippen LogP contribution in [-0.4, -0.2) is 29.7 Å². The van der Waals surface area contributed by atoms with E-state index in [0.717, 1.165) is 11.1 Å². The number of nitrogens with one attached hydrogen (secondary N) is 2. The van der Waals surface area contributed by atoms with Gasteiger partial charge in [0.25, 0.3) is 0 Å². The lowest BCUT2D eigenvalue weighted by atomic mass is 10.1. The summed E-state index contributed by atoms with van der Waals surface area (Å²) in [6.45, 7) is 7.76. The molecule has 29 heavy (non-hydrogen) atoms. The van der Waals surface area contributed by atoms with Crippen LogP contribution in [0.2, 0.25) is 0 Å². The summed E-state index contributed by atoms with van der Waals surface area (Å²) in [7, 11) is 0. The zero-order valence-electron chi connectivity index (χ0n) is 17.5. The van der Waals surface area contributed by atoms with E-state index in [0.29, 0.717) is 13.2 Å². The van der Waals surface area contributed by atoms with Crippen molar-refractivity contribution in [2.45, 2.75) is 58.6 Å². The van der Waals surface area contributed by atoms with Gasteiger partial charge in [0.05, 0.1) is 12.7 Å². The van der Waals surface area contributed by atoms with E-state index in [1.165, 1.54) is 0 Å². The Bertz CT molecular complexity index is 772. The first-order valence-corrected chi connectivity index (χ1v) is 9.71. The molecular weight excluding hydrogens is 368 g/mol. The highest BCUT2D eigenvalue weighted by Crippen LogP contribution is 2.10. The molecule has 0 saturated heterocycles. The van der Waals surface area contributed by atoms with Crippen LogP contribution >= 0.6 is 0 Å². The van der Waals surface area contributed by atoms with Gasteiger partial charge < -0.3 is 20.1 Å². The summed E-state index contributed by atoms with van der Waals surface area (Å²) < 4.78 is 11.2. The molecule has 0 aliphatic heterocycles. The van der Waals surface area contributed by atoms with Gasteiger partial charge in [-0.25, -0.2) is 4.79 Å². The van der Waals surface area contributed by atoms with E-state index in [1.807, 2.05) is 60.7 Å². The Hall–Kier alpha value is -2.86. The van der Waals surface area contributed by atoms with Gasteiger partial charge in [-0.15, -0.1) is 0 Å². The van der Waals surface area contributed by atoms with Crippen LogP contribution in [0.1, 0.15) is 38.8 Å². The molecule has 2 amide bonds. The number of hydrogen-bond donors (Lipinski definition) is 2. The van der Waals surface area contributed by atoms with E-state index in [4.69, 9.17) is 9.47 Å². The van der Waals surface area contributed by atoms with Crippen molar-refractivity contribution < 1.29 is 19.1 Å². The van der Waals surface area contributed by atoms with Crippen molar-refractivity contribution in [2.75, 3.05) is 0 Å². The van der Waals surface area contributed by atoms with Crippen LogP contribution in [0, 0.1) is 0 Å². The van der Waals surface area contributed by atoms with Gasteiger partial charge >= 0.3 is 6.09 Å². The smallest absolute Gasteiger partial charge is 0.408 e. The fourth-order valence-corrected chi connectivity index (χ4v) is 2.62. The second kappa shape index (κ2) is 10.6. The molecule has 2 rings (SSSR count). The number of ether oxygens (including phenoxy) is 2. The van der Waals surface area contributed by atoms with Gasteiger partial charge in [0, 0.05) is 6.54 Å². The molecule has 6 heteroatoms. The number of hydrogen-bond acceptors (Lipinski definition) is 4. The summed E-state index contributed by atoms with van der Waals surface area (Å²) in [5, 5.41) is 5.50. The molecule has 2 aromatic rings. The van der Waals surface area contributed by atoms with Crippen LogP contribution in [0.15, 0.2) is 60.7 Å². The number of rotatable bonds is 8. The van der Waals surface area contributed by atoms with Crippen molar-refractivity contribution >= 4 is 12.0 Å². The van der Waals surface area contributed by atoms with Crippen molar-refractivity contribution in [2.24, 2.45) is 0 Å². The van der Waals surface area contributed by atoms with E-state index in [-0.39, 0.29) is 5.91 Å². The third-order valence-corrected chi connectivity index (χ3v) is 4.09. The highest BCUT2D eigenvalue weighted by atomic mass is 16.6. The van der Waals surface area contributed by atoms with Gasteiger partial charge in [-0.2, -0.15) is 0 Å². The number of benzene rings is 2. The van der Waals surface area contributed by atoms with Gasteiger partial charge in [-0.05, 0) is 38.8 Å². The quantitative estimate of drug-likeness (QED) is 0.709. The maximum Gasteiger partial charge on any atom is 0.408 e. The highest BCUT2D eigenvalue weighted by Gasteiger charge is 2.29. The summed E-state index contributed by atoms with van der Waals surface area (Å²) in [4.78, 5) is 25.1. The lowest BCUT2D eigenvalue weighted by molar-refractivity contribution is -0.127. The molecule has 0 radical (unpaired) electrons. The predicted octanol–water partition coefficient (Wildman–Crippen LogP) is 3.80. The average molecular weight is 399 g/mol. The van der Waals surface area contributed by atoms with Crippen molar-refractivity contribution in [1.29, 1.82) is 0 Å². The molecule has 0 aromatic heterocycles. The van der Waals surface area contributed by atoms with E-state index < -0.39 is 23.8 Å². The molecule has 0 saturated carbocycles. The molecule has 2 atom stereocenters. The third kappa shape index (κ3) is 8.35. The van der Waals surface area contributed by atoms with Crippen LogP contribution in [0.3, 0.4) is 0 Å². The van der Waals surface area contributed by atoms with Crippen LogP contribution < -0.4 is 10.6 Å². The molecular formula is C23H30N2O4. The maximum absolute atomic E-state index is 12.8. The highest BCUT2D eigenvalue weighted by molar-refractivity contribution is 5.86. The van der Waals surface area contributed by atoms with Crippen molar-refractivity contribution in [3.8, 4) is 0 Å². The Balaban J connectivity index is 2.02. The molecule has 156 valence electrons. The Labute approximate surface area is 172 Å². The minimum absolute atomic E-state index is 0.333. The third-order valence-electron chi connectivity index (χ3n) is 4.09. The van der Waals surface area contributed by atoms with Crippen molar-refractivity contribution in [1.82, 2.24) is 10.6 Å². The van der Waals surface area contributed by atoms with Gasteiger partial charge in [0.2, 0.25) is 5.91 Å². The fraction of sp³-hybridized carbons (Fsp3) is 0.391. The summed E-state index contributed by atoms with van der Waals surface area (Å²) in [5.74, 6) is -0.333. The molecule has 0 aliphatic carbocycles. The zero-order valence-corrected chi connectivity index (χ0v) is 17.5. The molecule has 0 bridgehead atoms. The van der Waals surface area contributed by atoms with Gasteiger partial charge in [0.15, 0.2) is 0 Å². The summed E-state index contributed by atoms with van der Waals surface area (Å²) >= 11 is 0. The second-order valence-electron chi connectivity index (χ2n) is 7.83. The van der Waals surface area contributed by atoms with Crippen LogP contribution in [0.25, 0.3) is 0 Å². The van der Waals surface area contributed by atoms with Crippen LogP contribution in [-0.2, 0) is 27.4 Å². The lowest BCUT2D eigenvalue weighted by Crippen LogP contribution is -2.53. The molecule has 0 spiro atoms. The average Bonchev–Trinajstić information content (AvgIpc) is 2.68.